The Morgan fingerprint density at radius 3 is 2.31 bits per heavy atom. The summed E-state index contributed by atoms with van der Waals surface area (Å²) >= 11 is 5.97. The van der Waals surface area contributed by atoms with E-state index in [2.05, 4.69) is 29.9 Å². The summed E-state index contributed by atoms with van der Waals surface area (Å²) in [7, 11) is 0. The van der Waals surface area contributed by atoms with Gasteiger partial charge in [0.2, 0.25) is 5.95 Å². The summed E-state index contributed by atoms with van der Waals surface area (Å²) < 4.78 is 2.77. The molecular weight excluding hydrogens is 480 g/mol. The Morgan fingerprint density at radius 1 is 0.972 bits per heavy atom. The summed E-state index contributed by atoms with van der Waals surface area (Å²) in [5, 5.41) is 15.8. The number of piperazine rings is 1. The second-order valence-corrected chi connectivity index (χ2v) is 9.03. The molecule has 5 rings (SSSR count). The van der Waals surface area contributed by atoms with E-state index < -0.39 is 12.1 Å². The highest BCUT2D eigenvalue weighted by Gasteiger charge is 2.25. The van der Waals surface area contributed by atoms with E-state index in [9.17, 15) is 9.90 Å². The van der Waals surface area contributed by atoms with Crippen LogP contribution in [0.3, 0.4) is 0 Å². The molecule has 0 radical (unpaired) electrons. The SMILES string of the molecule is CC[C@H]([C@H](O)c1ccc(Cl)cc1)n1ncn(-c2ccc(N3CCN(c4ncccn4)CC3)nc2)c1=O. The van der Waals surface area contributed by atoms with Crippen molar-refractivity contribution in [1.29, 1.82) is 0 Å². The minimum atomic E-state index is -0.895. The molecule has 0 spiro atoms. The van der Waals surface area contributed by atoms with Crippen LogP contribution >= 0.6 is 11.6 Å². The Balaban J connectivity index is 1.29. The Labute approximate surface area is 213 Å². The van der Waals surface area contributed by atoms with Crippen molar-refractivity contribution in [2.75, 3.05) is 36.0 Å². The molecule has 4 heterocycles. The molecule has 2 atom stereocenters. The number of hydrogen-bond acceptors (Lipinski definition) is 8. The van der Waals surface area contributed by atoms with Gasteiger partial charge < -0.3 is 14.9 Å². The molecule has 1 fully saturated rings. The van der Waals surface area contributed by atoms with Crippen LogP contribution in [-0.4, -0.2) is 60.6 Å². The van der Waals surface area contributed by atoms with E-state index in [0.29, 0.717) is 22.7 Å². The molecule has 0 unspecified atom stereocenters. The molecule has 0 amide bonds. The van der Waals surface area contributed by atoms with Crippen molar-refractivity contribution in [2.24, 2.45) is 0 Å². The summed E-state index contributed by atoms with van der Waals surface area (Å²) in [6.45, 7) is 5.10. The molecule has 3 aromatic heterocycles. The number of halogens is 1. The summed E-state index contributed by atoms with van der Waals surface area (Å²) in [6.07, 6.45) is 6.27. The summed E-state index contributed by atoms with van der Waals surface area (Å²) in [5.74, 6) is 1.58. The first-order valence-electron chi connectivity index (χ1n) is 11.9. The second-order valence-electron chi connectivity index (χ2n) is 8.60. The molecular formula is C25H27ClN8O2. The first kappa shape index (κ1) is 24.0. The zero-order chi connectivity index (χ0) is 25.1. The topological polar surface area (TPSA) is 105 Å². The molecule has 4 aromatic rings. The molecule has 1 saturated heterocycles. The minimum absolute atomic E-state index is 0.333. The molecule has 11 heteroatoms. The molecule has 186 valence electrons. The van der Waals surface area contributed by atoms with E-state index in [1.165, 1.54) is 15.6 Å². The lowest BCUT2D eigenvalue weighted by atomic mass is 10.0. The van der Waals surface area contributed by atoms with Crippen LogP contribution in [0.5, 0.6) is 0 Å². The number of anilines is 2. The van der Waals surface area contributed by atoms with Gasteiger partial charge in [-0.25, -0.2) is 29.0 Å². The number of aliphatic hydroxyl groups excluding tert-OH is 1. The van der Waals surface area contributed by atoms with E-state index in [0.717, 1.165) is 37.9 Å². The molecule has 0 bridgehead atoms. The van der Waals surface area contributed by atoms with Crippen LogP contribution in [0.4, 0.5) is 11.8 Å². The number of rotatable bonds is 7. The molecule has 0 aliphatic carbocycles. The highest BCUT2D eigenvalue weighted by atomic mass is 35.5. The van der Waals surface area contributed by atoms with Gasteiger partial charge >= 0.3 is 5.69 Å². The monoisotopic (exact) mass is 506 g/mol. The predicted molar refractivity (Wildman–Crippen MR) is 138 cm³/mol. The van der Waals surface area contributed by atoms with Crippen molar-refractivity contribution in [1.82, 2.24) is 29.3 Å². The van der Waals surface area contributed by atoms with Gasteiger partial charge in [0.05, 0.1) is 17.9 Å². The van der Waals surface area contributed by atoms with Gasteiger partial charge in [-0.2, -0.15) is 5.10 Å². The van der Waals surface area contributed by atoms with Crippen molar-refractivity contribution in [3.8, 4) is 5.69 Å². The summed E-state index contributed by atoms with van der Waals surface area (Å²) in [6, 6.07) is 12.0. The first-order chi connectivity index (χ1) is 17.5. The van der Waals surface area contributed by atoms with E-state index >= 15 is 0 Å². The van der Waals surface area contributed by atoms with E-state index in [-0.39, 0.29) is 5.69 Å². The van der Waals surface area contributed by atoms with Crippen LogP contribution in [0.1, 0.15) is 31.1 Å². The first-order valence-corrected chi connectivity index (χ1v) is 12.3. The molecule has 0 saturated carbocycles. The van der Waals surface area contributed by atoms with Crippen LogP contribution < -0.4 is 15.5 Å². The largest absolute Gasteiger partial charge is 0.386 e. The maximum Gasteiger partial charge on any atom is 0.350 e. The molecule has 36 heavy (non-hydrogen) atoms. The number of hydrogen-bond donors (Lipinski definition) is 1. The number of aromatic nitrogens is 6. The van der Waals surface area contributed by atoms with Gasteiger partial charge in [0.25, 0.3) is 0 Å². The smallest absolute Gasteiger partial charge is 0.350 e. The Morgan fingerprint density at radius 2 is 1.67 bits per heavy atom. The third-order valence-corrected chi connectivity index (χ3v) is 6.70. The van der Waals surface area contributed by atoms with E-state index in [1.54, 1.807) is 42.9 Å². The van der Waals surface area contributed by atoms with Crippen molar-refractivity contribution in [3.05, 3.63) is 88.5 Å². The molecule has 1 aliphatic rings. The molecule has 10 nitrogen and oxygen atoms in total. The third-order valence-electron chi connectivity index (χ3n) is 6.45. The lowest BCUT2D eigenvalue weighted by Crippen LogP contribution is -2.47. The number of pyridine rings is 1. The highest BCUT2D eigenvalue weighted by Crippen LogP contribution is 2.28. The maximum absolute atomic E-state index is 13.2. The summed E-state index contributed by atoms with van der Waals surface area (Å²) in [4.78, 5) is 30.8. The van der Waals surface area contributed by atoms with Gasteiger partial charge in [0.1, 0.15) is 18.2 Å². The second kappa shape index (κ2) is 10.5. The standard InChI is InChI=1S/C25H27ClN8O2/c1-2-21(23(35)18-4-6-19(26)7-5-18)34-25(36)33(17-30-34)20-8-9-22(29-16-20)31-12-14-32(15-13-31)24-27-10-3-11-28-24/h3-11,16-17,21,23,35H,2,12-15H2,1H3/t21-,23-/m1/s1. The van der Waals surface area contributed by atoms with Crippen molar-refractivity contribution in [3.63, 3.8) is 0 Å². The Bertz CT molecular complexity index is 1330. The van der Waals surface area contributed by atoms with Gasteiger partial charge in [-0.15, -0.1) is 0 Å². The number of benzene rings is 1. The maximum atomic E-state index is 13.2. The minimum Gasteiger partial charge on any atom is -0.386 e. The molecule has 1 aliphatic heterocycles. The fraction of sp³-hybridized carbons (Fsp3) is 0.320. The van der Waals surface area contributed by atoms with Gasteiger partial charge in [-0.3, -0.25) is 0 Å². The van der Waals surface area contributed by atoms with Gasteiger partial charge in [-0.1, -0.05) is 30.7 Å². The van der Waals surface area contributed by atoms with Crippen molar-refractivity contribution >= 4 is 23.4 Å². The van der Waals surface area contributed by atoms with Crippen molar-refractivity contribution < 1.29 is 5.11 Å². The quantitative estimate of drug-likeness (QED) is 0.408. The molecule has 1 N–H and O–H groups in total. The zero-order valence-corrected chi connectivity index (χ0v) is 20.6. The molecule has 1 aromatic carbocycles. The zero-order valence-electron chi connectivity index (χ0n) is 19.9. The summed E-state index contributed by atoms with van der Waals surface area (Å²) in [5.41, 5.74) is 0.959. The number of nitrogens with zero attached hydrogens (tertiary/aromatic N) is 8. The normalized spacial score (nSPS) is 15.6. The lowest BCUT2D eigenvalue weighted by molar-refractivity contribution is 0.101. The average molecular weight is 507 g/mol. The van der Waals surface area contributed by atoms with Crippen LogP contribution in [0, 0.1) is 0 Å². The van der Waals surface area contributed by atoms with Crippen LogP contribution in [-0.2, 0) is 0 Å². The lowest BCUT2D eigenvalue weighted by Gasteiger charge is -2.35. The Kier molecular flexibility index (Phi) is 6.97. The third kappa shape index (κ3) is 4.82. The fourth-order valence-electron chi connectivity index (χ4n) is 4.43. The van der Waals surface area contributed by atoms with Gasteiger partial charge in [0, 0.05) is 43.6 Å². The highest BCUT2D eigenvalue weighted by molar-refractivity contribution is 6.30. The predicted octanol–water partition coefficient (Wildman–Crippen LogP) is 2.88. The Hall–Kier alpha value is -3.76. The van der Waals surface area contributed by atoms with Crippen molar-refractivity contribution in [2.45, 2.75) is 25.5 Å². The van der Waals surface area contributed by atoms with Gasteiger partial charge in [-0.05, 0) is 42.3 Å². The fourth-order valence-corrected chi connectivity index (χ4v) is 4.56. The van der Waals surface area contributed by atoms with Gasteiger partial charge in [0.15, 0.2) is 0 Å². The van der Waals surface area contributed by atoms with Crippen LogP contribution in [0.15, 0.2) is 72.2 Å². The van der Waals surface area contributed by atoms with Crippen LogP contribution in [0.25, 0.3) is 5.69 Å². The van der Waals surface area contributed by atoms with E-state index in [4.69, 9.17) is 11.6 Å². The number of aliphatic hydroxyl groups is 1. The van der Waals surface area contributed by atoms with E-state index in [1.807, 2.05) is 25.1 Å². The average Bonchev–Trinajstić information content (AvgIpc) is 3.31. The van der Waals surface area contributed by atoms with Crippen LogP contribution in [0.2, 0.25) is 5.02 Å².